The minimum atomic E-state index is -0.348. The van der Waals surface area contributed by atoms with E-state index in [9.17, 15) is 9.18 Å². The molecule has 1 aliphatic rings. The van der Waals surface area contributed by atoms with Gasteiger partial charge in [0.15, 0.2) is 0 Å². The molecule has 4 heteroatoms. The molecule has 1 fully saturated rings. The van der Waals surface area contributed by atoms with Gasteiger partial charge in [-0.1, -0.05) is 37.5 Å². The van der Waals surface area contributed by atoms with Crippen LogP contribution in [0.2, 0.25) is 0 Å². The number of benzene rings is 2. The van der Waals surface area contributed by atoms with Crippen molar-refractivity contribution in [3.8, 4) is 0 Å². The highest BCUT2D eigenvalue weighted by molar-refractivity contribution is 5.92. The van der Waals surface area contributed by atoms with Gasteiger partial charge in [0.1, 0.15) is 5.82 Å². The second kappa shape index (κ2) is 7.95. The van der Waals surface area contributed by atoms with E-state index < -0.39 is 0 Å². The average molecular weight is 326 g/mol. The van der Waals surface area contributed by atoms with Crippen LogP contribution < -0.4 is 10.6 Å². The van der Waals surface area contributed by atoms with Gasteiger partial charge in [0.05, 0.1) is 6.42 Å². The van der Waals surface area contributed by atoms with Crippen LogP contribution in [-0.4, -0.2) is 11.9 Å². The maximum Gasteiger partial charge on any atom is 0.228 e. The summed E-state index contributed by atoms with van der Waals surface area (Å²) >= 11 is 0. The summed E-state index contributed by atoms with van der Waals surface area (Å²) in [7, 11) is 0. The molecule has 24 heavy (non-hydrogen) atoms. The molecule has 0 radical (unpaired) electrons. The van der Waals surface area contributed by atoms with Gasteiger partial charge < -0.3 is 10.6 Å². The van der Waals surface area contributed by atoms with Crippen LogP contribution >= 0.6 is 0 Å². The molecule has 3 rings (SSSR count). The van der Waals surface area contributed by atoms with Crippen molar-refractivity contribution in [2.75, 3.05) is 10.6 Å². The van der Waals surface area contributed by atoms with Crippen LogP contribution in [0.15, 0.2) is 48.5 Å². The topological polar surface area (TPSA) is 41.1 Å². The van der Waals surface area contributed by atoms with Crippen molar-refractivity contribution < 1.29 is 9.18 Å². The van der Waals surface area contributed by atoms with E-state index in [1.165, 1.54) is 38.2 Å². The number of halogens is 1. The summed E-state index contributed by atoms with van der Waals surface area (Å²) in [6.07, 6.45) is 6.41. The summed E-state index contributed by atoms with van der Waals surface area (Å²) in [5.74, 6) is -0.562. The van der Waals surface area contributed by atoms with Crippen LogP contribution in [0.25, 0.3) is 0 Å². The van der Waals surface area contributed by atoms with Gasteiger partial charge in [-0.25, -0.2) is 4.39 Å². The summed E-state index contributed by atoms with van der Waals surface area (Å²) < 4.78 is 13.6. The molecule has 126 valence electrons. The van der Waals surface area contributed by atoms with E-state index in [-0.39, 0.29) is 18.1 Å². The summed E-state index contributed by atoms with van der Waals surface area (Å²) in [5, 5.41) is 6.36. The Morgan fingerprint density at radius 2 is 1.62 bits per heavy atom. The van der Waals surface area contributed by atoms with Gasteiger partial charge in [-0.05, 0) is 48.7 Å². The number of nitrogens with one attached hydrogen (secondary N) is 2. The van der Waals surface area contributed by atoms with E-state index in [2.05, 4.69) is 10.6 Å². The zero-order chi connectivity index (χ0) is 16.8. The molecule has 0 aliphatic heterocycles. The number of carbonyl (C=O) groups is 1. The molecule has 1 aliphatic carbocycles. The Balaban J connectivity index is 1.53. The highest BCUT2D eigenvalue weighted by Crippen LogP contribution is 2.22. The quantitative estimate of drug-likeness (QED) is 0.832. The number of hydrogen-bond acceptors (Lipinski definition) is 2. The fraction of sp³-hybridized carbons (Fsp3) is 0.350. The third-order valence-corrected chi connectivity index (χ3v) is 4.45. The lowest BCUT2D eigenvalue weighted by Crippen LogP contribution is -2.22. The van der Waals surface area contributed by atoms with E-state index in [4.69, 9.17) is 0 Å². The number of anilines is 2. The van der Waals surface area contributed by atoms with E-state index in [0.29, 0.717) is 11.6 Å². The number of hydrogen-bond donors (Lipinski definition) is 2. The summed E-state index contributed by atoms with van der Waals surface area (Å²) in [6.45, 7) is 0. The Morgan fingerprint density at radius 1 is 0.958 bits per heavy atom. The summed E-state index contributed by atoms with van der Waals surface area (Å²) in [6, 6.07) is 14.6. The maximum absolute atomic E-state index is 13.6. The molecule has 1 amide bonds. The molecule has 1 saturated carbocycles. The van der Waals surface area contributed by atoms with Gasteiger partial charge in [0, 0.05) is 17.4 Å². The molecular weight excluding hydrogens is 303 g/mol. The summed E-state index contributed by atoms with van der Waals surface area (Å²) in [4.78, 5) is 12.0. The molecule has 2 aromatic carbocycles. The fourth-order valence-corrected chi connectivity index (χ4v) is 3.15. The molecule has 3 nitrogen and oxygen atoms in total. The highest BCUT2D eigenvalue weighted by Gasteiger charge is 2.13. The standard InChI is InChI=1S/C20H23FN2O/c21-19-9-5-4-6-15(19)14-20(24)23-18-12-10-17(11-13-18)22-16-7-2-1-3-8-16/h4-6,9-13,16,22H,1-3,7-8,14H2,(H,23,24). The van der Waals surface area contributed by atoms with Crippen molar-refractivity contribution in [1.29, 1.82) is 0 Å². The Bertz CT molecular complexity index is 678. The van der Waals surface area contributed by atoms with Crippen LogP contribution in [0.3, 0.4) is 0 Å². The molecule has 2 aromatic rings. The Morgan fingerprint density at radius 3 is 2.33 bits per heavy atom. The van der Waals surface area contributed by atoms with E-state index >= 15 is 0 Å². The molecule has 0 atom stereocenters. The molecule has 0 aromatic heterocycles. The van der Waals surface area contributed by atoms with E-state index in [1.807, 2.05) is 24.3 Å². The Kier molecular flexibility index (Phi) is 5.47. The summed E-state index contributed by atoms with van der Waals surface area (Å²) in [5.41, 5.74) is 2.21. The zero-order valence-corrected chi connectivity index (χ0v) is 13.7. The van der Waals surface area contributed by atoms with Gasteiger partial charge in [0.2, 0.25) is 5.91 Å². The highest BCUT2D eigenvalue weighted by atomic mass is 19.1. The van der Waals surface area contributed by atoms with Gasteiger partial charge in [-0.3, -0.25) is 4.79 Å². The van der Waals surface area contributed by atoms with E-state index in [0.717, 1.165) is 11.4 Å². The Labute approximate surface area is 142 Å². The lowest BCUT2D eigenvalue weighted by atomic mass is 9.95. The number of rotatable bonds is 5. The normalized spacial score (nSPS) is 15.0. The van der Waals surface area contributed by atoms with Crippen LogP contribution in [0.1, 0.15) is 37.7 Å². The molecule has 2 N–H and O–H groups in total. The lowest BCUT2D eigenvalue weighted by molar-refractivity contribution is -0.115. The Hall–Kier alpha value is -2.36. The fourth-order valence-electron chi connectivity index (χ4n) is 3.15. The van der Waals surface area contributed by atoms with E-state index in [1.54, 1.807) is 18.2 Å². The maximum atomic E-state index is 13.6. The minimum absolute atomic E-state index is 0.0365. The van der Waals surface area contributed by atoms with Crippen LogP contribution in [-0.2, 0) is 11.2 Å². The first kappa shape index (κ1) is 16.5. The minimum Gasteiger partial charge on any atom is -0.382 e. The van der Waals surface area contributed by atoms with Gasteiger partial charge in [0.25, 0.3) is 0 Å². The van der Waals surface area contributed by atoms with Crippen molar-refractivity contribution in [1.82, 2.24) is 0 Å². The number of amides is 1. The van der Waals surface area contributed by atoms with Crippen molar-refractivity contribution in [2.24, 2.45) is 0 Å². The first-order valence-corrected chi connectivity index (χ1v) is 8.60. The van der Waals surface area contributed by atoms with Gasteiger partial charge >= 0.3 is 0 Å². The molecule has 0 saturated heterocycles. The average Bonchev–Trinajstić information content (AvgIpc) is 2.60. The third kappa shape index (κ3) is 4.57. The van der Waals surface area contributed by atoms with Crippen molar-refractivity contribution in [3.63, 3.8) is 0 Å². The van der Waals surface area contributed by atoms with Crippen LogP contribution in [0.4, 0.5) is 15.8 Å². The second-order valence-corrected chi connectivity index (χ2v) is 6.37. The molecule has 0 bridgehead atoms. The lowest BCUT2D eigenvalue weighted by Gasteiger charge is -2.23. The zero-order valence-electron chi connectivity index (χ0n) is 13.7. The smallest absolute Gasteiger partial charge is 0.228 e. The SMILES string of the molecule is O=C(Cc1ccccc1F)Nc1ccc(NC2CCCCC2)cc1. The predicted octanol–water partition coefficient (Wildman–Crippen LogP) is 4.75. The second-order valence-electron chi connectivity index (χ2n) is 6.37. The van der Waals surface area contributed by atoms with Crippen molar-refractivity contribution >= 4 is 17.3 Å². The first-order chi connectivity index (χ1) is 11.7. The van der Waals surface area contributed by atoms with Crippen LogP contribution in [0.5, 0.6) is 0 Å². The predicted molar refractivity (Wildman–Crippen MR) is 95.7 cm³/mol. The molecule has 0 heterocycles. The third-order valence-electron chi connectivity index (χ3n) is 4.45. The largest absolute Gasteiger partial charge is 0.382 e. The molecular formula is C20H23FN2O. The van der Waals surface area contributed by atoms with Gasteiger partial charge in [-0.15, -0.1) is 0 Å². The van der Waals surface area contributed by atoms with Crippen LogP contribution in [0, 0.1) is 5.82 Å². The van der Waals surface area contributed by atoms with Gasteiger partial charge in [-0.2, -0.15) is 0 Å². The van der Waals surface area contributed by atoms with Crippen molar-refractivity contribution in [2.45, 2.75) is 44.6 Å². The molecule has 0 spiro atoms. The van der Waals surface area contributed by atoms with Crippen molar-refractivity contribution in [3.05, 3.63) is 59.9 Å². The molecule has 0 unspecified atom stereocenters. The first-order valence-electron chi connectivity index (χ1n) is 8.60. The number of carbonyl (C=O) groups excluding carboxylic acids is 1. The monoisotopic (exact) mass is 326 g/mol.